The van der Waals surface area contributed by atoms with Crippen LogP contribution in [0.4, 0.5) is 0 Å². The Balaban J connectivity index is 2.31. The number of unbranched alkanes of at least 4 members (excludes halogenated alkanes) is 2. The molecule has 2 heteroatoms. The first-order valence-electron chi connectivity index (χ1n) is 4.89. The number of aromatic nitrogens is 2. The average molecular weight is 166 g/mol. The molecule has 1 aromatic heterocycles. The number of hydrogen-bond donors (Lipinski definition) is 1. The lowest BCUT2D eigenvalue weighted by atomic mass is 10.2. The van der Waals surface area contributed by atoms with E-state index in [0.717, 1.165) is 18.7 Å². The van der Waals surface area contributed by atoms with Gasteiger partial charge in [-0.15, -0.1) is 0 Å². The summed E-state index contributed by atoms with van der Waals surface area (Å²) in [5, 5.41) is 0. The minimum atomic E-state index is 1.01. The lowest BCUT2D eigenvalue weighted by Gasteiger charge is -1.94. The summed E-state index contributed by atoms with van der Waals surface area (Å²) in [5.41, 5.74) is 1.29. The van der Waals surface area contributed by atoms with Gasteiger partial charge in [0.2, 0.25) is 0 Å². The molecule has 1 heterocycles. The Kier molecular flexibility index (Phi) is 3.85. The van der Waals surface area contributed by atoms with Gasteiger partial charge in [-0.3, -0.25) is 0 Å². The molecule has 0 saturated carbocycles. The molecule has 0 unspecified atom stereocenters. The summed E-state index contributed by atoms with van der Waals surface area (Å²) in [7, 11) is 0. The normalized spacial score (nSPS) is 10.5. The van der Waals surface area contributed by atoms with Gasteiger partial charge in [-0.05, 0) is 12.8 Å². The molecule has 1 rings (SSSR count). The first-order chi connectivity index (χ1) is 5.86. The second-order valence-corrected chi connectivity index (χ2v) is 3.17. The number of hydrogen-bond acceptors (Lipinski definition) is 1. The minimum Gasteiger partial charge on any atom is -0.346 e. The SMILES string of the molecule is CCCCCc1cnc(CC)[nH]1. The second kappa shape index (κ2) is 4.96. The highest BCUT2D eigenvalue weighted by atomic mass is 14.9. The molecule has 0 saturated heterocycles. The number of H-pyrrole nitrogens is 1. The zero-order valence-electron chi connectivity index (χ0n) is 8.06. The smallest absolute Gasteiger partial charge is 0.105 e. The molecule has 0 aliphatic carbocycles. The van der Waals surface area contributed by atoms with E-state index < -0.39 is 0 Å². The number of nitrogens with zero attached hydrogens (tertiary/aromatic N) is 1. The number of aryl methyl sites for hydroxylation is 2. The monoisotopic (exact) mass is 166 g/mol. The van der Waals surface area contributed by atoms with Gasteiger partial charge < -0.3 is 4.98 Å². The van der Waals surface area contributed by atoms with Crippen LogP contribution in [0.25, 0.3) is 0 Å². The van der Waals surface area contributed by atoms with Crippen molar-refractivity contribution in [1.82, 2.24) is 9.97 Å². The summed E-state index contributed by atoms with van der Waals surface area (Å²) < 4.78 is 0. The molecular formula is C10H18N2. The predicted octanol–water partition coefficient (Wildman–Crippen LogP) is 2.70. The molecule has 0 aromatic carbocycles. The van der Waals surface area contributed by atoms with Crippen LogP contribution < -0.4 is 0 Å². The Morgan fingerprint density at radius 2 is 2.17 bits per heavy atom. The predicted molar refractivity (Wildman–Crippen MR) is 51.2 cm³/mol. The molecule has 0 bridgehead atoms. The van der Waals surface area contributed by atoms with Gasteiger partial charge in [-0.1, -0.05) is 26.7 Å². The van der Waals surface area contributed by atoms with Crippen molar-refractivity contribution < 1.29 is 0 Å². The highest BCUT2D eigenvalue weighted by Gasteiger charge is 1.97. The van der Waals surface area contributed by atoms with Gasteiger partial charge in [0.05, 0.1) is 0 Å². The van der Waals surface area contributed by atoms with E-state index in [1.807, 2.05) is 6.20 Å². The number of nitrogens with one attached hydrogen (secondary N) is 1. The minimum absolute atomic E-state index is 1.01. The maximum Gasteiger partial charge on any atom is 0.105 e. The van der Waals surface area contributed by atoms with Crippen molar-refractivity contribution in [1.29, 1.82) is 0 Å². The van der Waals surface area contributed by atoms with Crippen LogP contribution in [0.15, 0.2) is 6.20 Å². The zero-order valence-corrected chi connectivity index (χ0v) is 8.06. The number of imidazole rings is 1. The van der Waals surface area contributed by atoms with Gasteiger partial charge in [0.15, 0.2) is 0 Å². The van der Waals surface area contributed by atoms with Gasteiger partial charge in [-0.25, -0.2) is 4.98 Å². The van der Waals surface area contributed by atoms with E-state index in [1.165, 1.54) is 25.0 Å². The molecule has 0 fully saturated rings. The fraction of sp³-hybridized carbons (Fsp3) is 0.700. The van der Waals surface area contributed by atoms with E-state index in [1.54, 1.807) is 0 Å². The summed E-state index contributed by atoms with van der Waals surface area (Å²) in [6.07, 6.45) is 8.01. The molecule has 68 valence electrons. The first-order valence-corrected chi connectivity index (χ1v) is 4.89. The van der Waals surface area contributed by atoms with Crippen LogP contribution in [0.1, 0.15) is 44.6 Å². The molecule has 0 amide bonds. The van der Waals surface area contributed by atoms with Crippen molar-refractivity contribution in [2.24, 2.45) is 0 Å². The number of aromatic amines is 1. The van der Waals surface area contributed by atoms with Crippen molar-refractivity contribution in [2.45, 2.75) is 46.0 Å². The van der Waals surface area contributed by atoms with Gasteiger partial charge in [0.1, 0.15) is 5.82 Å². The summed E-state index contributed by atoms with van der Waals surface area (Å²) in [5.74, 6) is 1.11. The third kappa shape index (κ3) is 2.68. The fourth-order valence-corrected chi connectivity index (χ4v) is 1.28. The molecule has 1 N–H and O–H groups in total. The molecule has 0 aliphatic heterocycles. The van der Waals surface area contributed by atoms with Gasteiger partial charge in [-0.2, -0.15) is 0 Å². The van der Waals surface area contributed by atoms with Crippen molar-refractivity contribution in [2.75, 3.05) is 0 Å². The second-order valence-electron chi connectivity index (χ2n) is 3.17. The molecule has 12 heavy (non-hydrogen) atoms. The molecule has 0 aliphatic rings. The summed E-state index contributed by atoms with van der Waals surface area (Å²) in [6, 6.07) is 0. The van der Waals surface area contributed by atoms with Crippen LogP contribution in [0.3, 0.4) is 0 Å². The quantitative estimate of drug-likeness (QED) is 0.669. The van der Waals surface area contributed by atoms with Crippen LogP contribution >= 0.6 is 0 Å². The molecular weight excluding hydrogens is 148 g/mol. The number of rotatable bonds is 5. The molecule has 1 aromatic rings. The molecule has 0 spiro atoms. The van der Waals surface area contributed by atoms with Gasteiger partial charge in [0, 0.05) is 18.3 Å². The summed E-state index contributed by atoms with van der Waals surface area (Å²) in [4.78, 5) is 7.57. The van der Waals surface area contributed by atoms with E-state index in [-0.39, 0.29) is 0 Å². The van der Waals surface area contributed by atoms with Crippen molar-refractivity contribution in [3.63, 3.8) is 0 Å². The highest BCUT2D eigenvalue weighted by Crippen LogP contribution is 2.04. The van der Waals surface area contributed by atoms with E-state index in [9.17, 15) is 0 Å². The Morgan fingerprint density at radius 1 is 1.33 bits per heavy atom. The Labute approximate surface area is 74.4 Å². The van der Waals surface area contributed by atoms with Crippen LogP contribution in [-0.4, -0.2) is 9.97 Å². The van der Waals surface area contributed by atoms with Gasteiger partial charge >= 0.3 is 0 Å². The van der Waals surface area contributed by atoms with Crippen molar-refractivity contribution in [3.05, 3.63) is 17.7 Å². The Hall–Kier alpha value is -0.790. The maximum atomic E-state index is 4.26. The third-order valence-electron chi connectivity index (χ3n) is 2.07. The van der Waals surface area contributed by atoms with E-state index in [4.69, 9.17) is 0 Å². The van der Waals surface area contributed by atoms with E-state index >= 15 is 0 Å². The van der Waals surface area contributed by atoms with Crippen LogP contribution in [0.5, 0.6) is 0 Å². The van der Waals surface area contributed by atoms with Crippen LogP contribution in [-0.2, 0) is 12.8 Å². The Bertz CT molecular complexity index is 215. The van der Waals surface area contributed by atoms with Crippen molar-refractivity contribution in [3.8, 4) is 0 Å². The lowest BCUT2D eigenvalue weighted by Crippen LogP contribution is -1.86. The first kappa shape index (κ1) is 9.30. The van der Waals surface area contributed by atoms with Crippen LogP contribution in [0, 0.1) is 0 Å². The molecule has 2 nitrogen and oxygen atoms in total. The zero-order chi connectivity index (χ0) is 8.81. The highest BCUT2D eigenvalue weighted by molar-refractivity contribution is 5.00. The summed E-state index contributed by atoms with van der Waals surface area (Å²) in [6.45, 7) is 4.35. The lowest BCUT2D eigenvalue weighted by molar-refractivity contribution is 0.708. The largest absolute Gasteiger partial charge is 0.346 e. The van der Waals surface area contributed by atoms with E-state index in [2.05, 4.69) is 23.8 Å². The Morgan fingerprint density at radius 3 is 2.75 bits per heavy atom. The van der Waals surface area contributed by atoms with Gasteiger partial charge in [0.25, 0.3) is 0 Å². The fourth-order valence-electron chi connectivity index (χ4n) is 1.28. The maximum absolute atomic E-state index is 4.26. The standard InChI is InChI=1S/C10H18N2/c1-3-5-6-7-9-8-11-10(4-2)12-9/h8H,3-7H2,1-2H3,(H,11,12). The molecule has 0 atom stereocenters. The molecule has 0 radical (unpaired) electrons. The van der Waals surface area contributed by atoms with E-state index in [0.29, 0.717) is 0 Å². The summed E-state index contributed by atoms with van der Waals surface area (Å²) >= 11 is 0. The topological polar surface area (TPSA) is 28.7 Å². The average Bonchev–Trinajstić information content (AvgIpc) is 2.53. The van der Waals surface area contributed by atoms with Crippen molar-refractivity contribution >= 4 is 0 Å². The third-order valence-corrected chi connectivity index (χ3v) is 2.07. The van der Waals surface area contributed by atoms with Crippen LogP contribution in [0.2, 0.25) is 0 Å².